The van der Waals surface area contributed by atoms with Gasteiger partial charge in [-0.2, -0.15) is 0 Å². The van der Waals surface area contributed by atoms with Gasteiger partial charge >= 0.3 is 0 Å². The lowest BCUT2D eigenvalue weighted by molar-refractivity contribution is 0.270. The zero-order chi connectivity index (χ0) is 17.5. The summed E-state index contributed by atoms with van der Waals surface area (Å²) in [7, 11) is 8.10. The molecule has 1 atom stereocenters. The maximum absolute atomic E-state index is 5.22. The van der Waals surface area contributed by atoms with Gasteiger partial charge in [-0.1, -0.05) is 12.1 Å². The summed E-state index contributed by atoms with van der Waals surface area (Å²) in [5.41, 5.74) is 1.25. The molecule has 1 saturated carbocycles. The number of likely N-dealkylation sites (N-methyl/N-ethyl adjacent to an activating group) is 1. The van der Waals surface area contributed by atoms with Crippen molar-refractivity contribution in [1.82, 2.24) is 15.1 Å². The van der Waals surface area contributed by atoms with E-state index in [2.05, 4.69) is 55.3 Å². The average molecular weight is 460 g/mol. The van der Waals surface area contributed by atoms with Crippen LogP contribution >= 0.6 is 24.0 Å². The summed E-state index contributed by atoms with van der Waals surface area (Å²) in [6.07, 6.45) is 2.69. The minimum atomic E-state index is 0. The average Bonchev–Trinajstić information content (AvgIpc) is 3.39. The van der Waals surface area contributed by atoms with Crippen molar-refractivity contribution in [2.24, 2.45) is 10.9 Å². The molecule has 1 fully saturated rings. The Morgan fingerprint density at radius 1 is 1.24 bits per heavy atom. The van der Waals surface area contributed by atoms with Crippen LogP contribution in [0, 0.1) is 5.92 Å². The van der Waals surface area contributed by atoms with Crippen LogP contribution in [0.25, 0.3) is 0 Å². The summed E-state index contributed by atoms with van der Waals surface area (Å²) in [5.74, 6) is 2.68. The molecular formula is C19H33IN4O. The van der Waals surface area contributed by atoms with Crippen LogP contribution in [0.1, 0.15) is 25.3 Å². The van der Waals surface area contributed by atoms with Crippen molar-refractivity contribution in [1.29, 1.82) is 0 Å². The molecule has 25 heavy (non-hydrogen) atoms. The Morgan fingerprint density at radius 3 is 2.36 bits per heavy atom. The molecule has 1 aliphatic rings. The highest BCUT2D eigenvalue weighted by Crippen LogP contribution is 2.34. The van der Waals surface area contributed by atoms with Gasteiger partial charge in [-0.05, 0) is 57.5 Å². The van der Waals surface area contributed by atoms with Gasteiger partial charge in [0.2, 0.25) is 0 Å². The molecule has 0 bridgehead atoms. The molecule has 0 aromatic heterocycles. The molecule has 1 unspecified atom stereocenters. The normalized spacial score (nSPS) is 15.5. The van der Waals surface area contributed by atoms with Crippen LogP contribution in [-0.4, -0.2) is 63.1 Å². The predicted octanol–water partition coefficient (Wildman–Crippen LogP) is 3.05. The van der Waals surface area contributed by atoms with Gasteiger partial charge in [0.15, 0.2) is 5.96 Å². The predicted molar refractivity (Wildman–Crippen MR) is 116 cm³/mol. The van der Waals surface area contributed by atoms with Crippen LogP contribution in [0.4, 0.5) is 0 Å². The van der Waals surface area contributed by atoms with Crippen LogP contribution in [0.2, 0.25) is 0 Å². The smallest absolute Gasteiger partial charge is 0.194 e. The van der Waals surface area contributed by atoms with E-state index in [9.17, 15) is 0 Å². The number of halogens is 1. The van der Waals surface area contributed by atoms with Gasteiger partial charge < -0.3 is 19.9 Å². The molecule has 0 radical (unpaired) electrons. The van der Waals surface area contributed by atoms with Gasteiger partial charge in [0.25, 0.3) is 0 Å². The maximum atomic E-state index is 5.22. The van der Waals surface area contributed by atoms with Gasteiger partial charge in [-0.3, -0.25) is 4.99 Å². The lowest BCUT2D eigenvalue weighted by Crippen LogP contribution is -2.40. The molecular weight excluding hydrogens is 427 g/mol. The van der Waals surface area contributed by atoms with E-state index in [1.165, 1.54) is 18.4 Å². The number of guanidine groups is 1. The van der Waals surface area contributed by atoms with Gasteiger partial charge in [-0.15, -0.1) is 24.0 Å². The van der Waals surface area contributed by atoms with E-state index in [0.29, 0.717) is 6.04 Å². The quantitative estimate of drug-likeness (QED) is 0.368. The number of hydrogen-bond acceptors (Lipinski definition) is 3. The van der Waals surface area contributed by atoms with E-state index in [1.54, 1.807) is 7.11 Å². The van der Waals surface area contributed by atoms with Crippen LogP contribution < -0.4 is 10.1 Å². The molecule has 0 saturated heterocycles. The number of benzene rings is 1. The monoisotopic (exact) mass is 460 g/mol. The molecule has 1 N–H and O–H groups in total. The number of methoxy groups -OCH3 is 1. The first-order valence-corrected chi connectivity index (χ1v) is 8.84. The van der Waals surface area contributed by atoms with Gasteiger partial charge in [-0.25, -0.2) is 0 Å². The second kappa shape index (κ2) is 10.9. The molecule has 142 valence electrons. The highest BCUT2D eigenvalue weighted by Gasteiger charge is 2.32. The highest BCUT2D eigenvalue weighted by atomic mass is 127. The third-order valence-electron chi connectivity index (χ3n) is 4.53. The summed E-state index contributed by atoms with van der Waals surface area (Å²) >= 11 is 0. The summed E-state index contributed by atoms with van der Waals surface area (Å²) < 4.78 is 5.22. The van der Waals surface area contributed by atoms with Gasteiger partial charge in [0.05, 0.1) is 13.7 Å². The Morgan fingerprint density at radius 2 is 1.88 bits per heavy atom. The van der Waals surface area contributed by atoms with Crippen molar-refractivity contribution < 1.29 is 4.74 Å². The molecule has 0 heterocycles. The fraction of sp³-hybridized carbons (Fsp3) is 0.632. The molecule has 1 aromatic carbocycles. The zero-order valence-corrected chi connectivity index (χ0v) is 18.5. The summed E-state index contributed by atoms with van der Waals surface area (Å²) in [5, 5.41) is 3.41. The summed E-state index contributed by atoms with van der Waals surface area (Å²) in [6.45, 7) is 4.67. The van der Waals surface area contributed by atoms with Crippen molar-refractivity contribution >= 4 is 29.9 Å². The van der Waals surface area contributed by atoms with E-state index >= 15 is 0 Å². The van der Waals surface area contributed by atoms with Gasteiger partial charge in [0, 0.05) is 26.2 Å². The van der Waals surface area contributed by atoms with Crippen molar-refractivity contribution in [2.45, 2.75) is 32.4 Å². The number of aliphatic imine (C=N–C) groups is 1. The van der Waals surface area contributed by atoms with E-state index in [-0.39, 0.29) is 24.0 Å². The third-order valence-corrected chi connectivity index (χ3v) is 4.53. The Bertz CT molecular complexity index is 527. The van der Waals surface area contributed by atoms with Crippen molar-refractivity contribution in [3.63, 3.8) is 0 Å². The van der Waals surface area contributed by atoms with Gasteiger partial charge in [0.1, 0.15) is 5.75 Å². The van der Waals surface area contributed by atoms with Crippen molar-refractivity contribution in [3.8, 4) is 5.75 Å². The van der Waals surface area contributed by atoms with Crippen LogP contribution in [0.5, 0.6) is 5.75 Å². The molecule has 2 rings (SSSR count). The topological polar surface area (TPSA) is 40.1 Å². The molecule has 1 aliphatic carbocycles. The summed E-state index contributed by atoms with van der Waals surface area (Å²) in [4.78, 5) is 9.39. The van der Waals surface area contributed by atoms with Crippen LogP contribution in [0.3, 0.4) is 0 Å². The number of nitrogens with one attached hydrogen (secondary N) is 1. The van der Waals surface area contributed by atoms with Crippen molar-refractivity contribution in [2.75, 3.05) is 41.3 Å². The second-order valence-corrected chi connectivity index (χ2v) is 6.77. The van der Waals surface area contributed by atoms with Crippen LogP contribution in [0.15, 0.2) is 29.3 Å². The minimum absolute atomic E-state index is 0. The second-order valence-electron chi connectivity index (χ2n) is 6.77. The first-order valence-electron chi connectivity index (χ1n) is 8.84. The first-order chi connectivity index (χ1) is 11.5. The molecule has 0 spiro atoms. The molecule has 6 heteroatoms. The molecule has 0 aliphatic heterocycles. The minimum Gasteiger partial charge on any atom is -0.497 e. The fourth-order valence-corrected chi connectivity index (χ4v) is 2.94. The number of ether oxygens (including phenoxy) is 1. The number of hydrogen-bond donors (Lipinski definition) is 1. The lowest BCUT2D eigenvalue weighted by Gasteiger charge is -2.25. The first kappa shape index (κ1) is 22.0. The highest BCUT2D eigenvalue weighted by molar-refractivity contribution is 14.0. The Hall–Kier alpha value is -1.02. The van der Waals surface area contributed by atoms with E-state index in [1.807, 2.05) is 12.1 Å². The number of nitrogens with zero attached hydrogens (tertiary/aromatic N) is 3. The SMILES string of the molecule is CCNC(=NCC(C1CC1)N(C)C)N(C)Cc1ccc(OC)cc1.I. The number of rotatable bonds is 8. The Kier molecular flexibility index (Phi) is 9.56. The van der Waals surface area contributed by atoms with Crippen LogP contribution in [-0.2, 0) is 6.54 Å². The summed E-state index contributed by atoms with van der Waals surface area (Å²) in [6, 6.07) is 8.76. The Balaban J connectivity index is 0.00000312. The standard InChI is InChI=1S/C19H32N4O.HI/c1-6-20-19(21-13-18(22(2)3)16-9-10-16)23(4)14-15-7-11-17(24-5)12-8-15;/h7-8,11-12,16,18H,6,9-10,13-14H2,1-5H3,(H,20,21);1H. The molecule has 1 aromatic rings. The lowest BCUT2D eigenvalue weighted by atomic mass is 10.2. The zero-order valence-electron chi connectivity index (χ0n) is 16.2. The molecule has 5 nitrogen and oxygen atoms in total. The van der Waals surface area contributed by atoms with E-state index in [0.717, 1.165) is 37.3 Å². The van der Waals surface area contributed by atoms with Crippen molar-refractivity contribution in [3.05, 3.63) is 29.8 Å². The van der Waals surface area contributed by atoms with E-state index in [4.69, 9.17) is 9.73 Å². The van der Waals surface area contributed by atoms with E-state index < -0.39 is 0 Å². The maximum Gasteiger partial charge on any atom is 0.194 e. The fourth-order valence-electron chi connectivity index (χ4n) is 2.94. The third kappa shape index (κ3) is 7.01. The largest absolute Gasteiger partial charge is 0.497 e. The molecule has 0 amide bonds. The Labute approximate surface area is 169 Å².